The van der Waals surface area contributed by atoms with Crippen molar-refractivity contribution in [1.82, 2.24) is 0 Å². The van der Waals surface area contributed by atoms with Crippen LogP contribution in [0.15, 0.2) is 18.2 Å². The summed E-state index contributed by atoms with van der Waals surface area (Å²) in [5.74, 6) is 0.636. The molecule has 0 saturated carbocycles. The molecule has 2 N–H and O–H groups in total. The van der Waals surface area contributed by atoms with Crippen LogP contribution in [0.25, 0.3) is 0 Å². The molecule has 2 atom stereocenters. The second-order valence-corrected chi connectivity index (χ2v) is 3.88. The molecular weight excluding hydrogens is 192 g/mol. The molecule has 0 aliphatic carbocycles. The molecule has 3 heteroatoms. The Labute approximate surface area is 90.3 Å². The lowest BCUT2D eigenvalue weighted by Gasteiger charge is -2.15. The van der Waals surface area contributed by atoms with E-state index in [1.54, 1.807) is 13.8 Å². The topological polar surface area (TPSA) is 49.7 Å². The first-order valence-electron chi connectivity index (χ1n) is 5.10. The smallest absolute Gasteiger partial charge is 0.125 e. The molecular formula is C12H18O3. The van der Waals surface area contributed by atoms with Crippen molar-refractivity contribution in [3.63, 3.8) is 0 Å². The fourth-order valence-corrected chi connectivity index (χ4v) is 1.34. The Balaban J connectivity index is 2.86. The molecule has 0 aliphatic rings. The molecule has 0 amide bonds. The van der Waals surface area contributed by atoms with Crippen LogP contribution >= 0.6 is 0 Å². The lowest BCUT2D eigenvalue weighted by Crippen LogP contribution is -2.14. The van der Waals surface area contributed by atoms with Crippen molar-refractivity contribution >= 4 is 0 Å². The van der Waals surface area contributed by atoms with E-state index in [0.717, 1.165) is 11.1 Å². The van der Waals surface area contributed by atoms with E-state index in [1.165, 1.54) is 0 Å². The summed E-state index contributed by atoms with van der Waals surface area (Å²) in [6, 6.07) is 5.63. The Morgan fingerprint density at radius 3 is 2.47 bits per heavy atom. The highest BCUT2D eigenvalue weighted by atomic mass is 16.5. The van der Waals surface area contributed by atoms with Crippen molar-refractivity contribution in [2.75, 3.05) is 6.61 Å². The Kier molecular flexibility index (Phi) is 4.12. The standard InChI is InChI=1S/C12H18O3/c1-8-4-5-12(15-7-9(2)13)11(6-8)10(3)14/h4-6,9-10,13-14H,7H2,1-3H3. The highest BCUT2D eigenvalue weighted by Crippen LogP contribution is 2.26. The van der Waals surface area contributed by atoms with Gasteiger partial charge in [0.25, 0.3) is 0 Å². The van der Waals surface area contributed by atoms with Gasteiger partial charge < -0.3 is 14.9 Å². The number of aliphatic hydroxyl groups excluding tert-OH is 2. The Morgan fingerprint density at radius 2 is 1.93 bits per heavy atom. The number of ether oxygens (including phenoxy) is 1. The minimum absolute atomic E-state index is 0.239. The van der Waals surface area contributed by atoms with Crippen molar-refractivity contribution in [2.24, 2.45) is 0 Å². The van der Waals surface area contributed by atoms with E-state index < -0.39 is 12.2 Å². The monoisotopic (exact) mass is 210 g/mol. The first-order chi connectivity index (χ1) is 7.00. The summed E-state index contributed by atoms with van der Waals surface area (Å²) in [6.45, 7) is 5.56. The predicted octanol–water partition coefficient (Wildman–Crippen LogP) is 1.81. The number of aliphatic hydroxyl groups is 2. The van der Waals surface area contributed by atoms with E-state index in [4.69, 9.17) is 9.84 Å². The van der Waals surface area contributed by atoms with Gasteiger partial charge in [0.05, 0.1) is 12.2 Å². The van der Waals surface area contributed by atoms with Gasteiger partial charge in [-0.15, -0.1) is 0 Å². The zero-order chi connectivity index (χ0) is 11.4. The van der Waals surface area contributed by atoms with E-state index in [9.17, 15) is 5.11 Å². The van der Waals surface area contributed by atoms with E-state index in [1.807, 2.05) is 25.1 Å². The van der Waals surface area contributed by atoms with Crippen molar-refractivity contribution < 1.29 is 14.9 Å². The van der Waals surface area contributed by atoms with E-state index in [-0.39, 0.29) is 6.61 Å². The number of hydrogen-bond donors (Lipinski definition) is 2. The van der Waals surface area contributed by atoms with E-state index in [2.05, 4.69) is 0 Å². The van der Waals surface area contributed by atoms with Gasteiger partial charge in [0.15, 0.2) is 0 Å². The Morgan fingerprint density at radius 1 is 1.27 bits per heavy atom. The van der Waals surface area contributed by atoms with Crippen LogP contribution in [0.4, 0.5) is 0 Å². The summed E-state index contributed by atoms with van der Waals surface area (Å²) in [4.78, 5) is 0. The van der Waals surface area contributed by atoms with Crippen LogP contribution in [0.2, 0.25) is 0 Å². The quantitative estimate of drug-likeness (QED) is 0.796. The largest absolute Gasteiger partial charge is 0.491 e. The normalized spacial score (nSPS) is 14.7. The zero-order valence-electron chi connectivity index (χ0n) is 9.40. The van der Waals surface area contributed by atoms with Crippen molar-refractivity contribution in [3.8, 4) is 5.75 Å². The predicted molar refractivity (Wildman–Crippen MR) is 59.0 cm³/mol. The summed E-state index contributed by atoms with van der Waals surface area (Å²) in [5, 5.41) is 18.7. The summed E-state index contributed by atoms with van der Waals surface area (Å²) >= 11 is 0. The molecule has 0 aromatic heterocycles. The Hall–Kier alpha value is -1.06. The second-order valence-electron chi connectivity index (χ2n) is 3.88. The third-order valence-corrected chi connectivity index (χ3v) is 2.10. The van der Waals surface area contributed by atoms with Crippen molar-refractivity contribution in [1.29, 1.82) is 0 Å². The molecule has 0 saturated heterocycles. The van der Waals surface area contributed by atoms with Crippen LogP contribution in [-0.4, -0.2) is 22.9 Å². The van der Waals surface area contributed by atoms with Gasteiger partial charge in [-0.25, -0.2) is 0 Å². The van der Waals surface area contributed by atoms with Crippen molar-refractivity contribution in [3.05, 3.63) is 29.3 Å². The highest BCUT2D eigenvalue weighted by Gasteiger charge is 2.10. The van der Waals surface area contributed by atoms with Gasteiger partial charge in [-0.1, -0.05) is 11.6 Å². The summed E-state index contributed by atoms with van der Waals surface area (Å²) in [6.07, 6.45) is -1.07. The summed E-state index contributed by atoms with van der Waals surface area (Å²) in [5.41, 5.74) is 1.84. The molecule has 0 aliphatic heterocycles. The first kappa shape index (κ1) is 12.0. The average molecular weight is 210 g/mol. The molecule has 0 heterocycles. The van der Waals surface area contributed by atoms with Crippen LogP contribution < -0.4 is 4.74 Å². The maximum Gasteiger partial charge on any atom is 0.125 e. The van der Waals surface area contributed by atoms with Crippen LogP contribution in [0.5, 0.6) is 5.75 Å². The molecule has 15 heavy (non-hydrogen) atoms. The fourth-order valence-electron chi connectivity index (χ4n) is 1.34. The second kappa shape index (κ2) is 5.14. The fraction of sp³-hybridized carbons (Fsp3) is 0.500. The average Bonchev–Trinajstić information content (AvgIpc) is 2.15. The lowest BCUT2D eigenvalue weighted by molar-refractivity contribution is 0.118. The van der Waals surface area contributed by atoms with Gasteiger partial charge in [0.1, 0.15) is 12.4 Å². The molecule has 3 nitrogen and oxygen atoms in total. The van der Waals surface area contributed by atoms with Crippen LogP contribution in [0.1, 0.15) is 31.1 Å². The highest BCUT2D eigenvalue weighted by molar-refractivity contribution is 5.38. The van der Waals surface area contributed by atoms with Crippen molar-refractivity contribution in [2.45, 2.75) is 33.0 Å². The summed E-state index contributed by atoms with van der Waals surface area (Å²) in [7, 11) is 0. The summed E-state index contributed by atoms with van der Waals surface area (Å²) < 4.78 is 5.40. The lowest BCUT2D eigenvalue weighted by atomic mass is 10.1. The van der Waals surface area contributed by atoms with Crippen LogP contribution in [-0.2, 0) is 0 Å². The van der Waals surface area contributed by atoms with Gasteiger partial charge >= 0.3 is 0 Å². The first-order valence-corrected chi connectivity index (χ1v) is 5.10. The zero-order valence-corrected chi connectivity index (χ0v) is 9.40. The van der Waals surface area contributed by atoms with Gasteiger partial charge in [-0.2, -0.15) is 0 Å². The third kappa shape index (κ3) is 3.53. The number of hydrogen-bond acceptors (Lipinski definition) is 3. The molecule has 0 spiro atoms. The SMILES string of the molecule is Cc1ccc(OCC(C)O)c(C(C)O)c1. The molecule has 1 aromatic rings. The minimum atomic E-state index is -0.561. The maximum absolute atomic E-state index is 9.55. The van der Waals surface area contributed by atoms with E-state index in [0.29, 0.717) is 5.75 Å². The minimum Gasteiger partial charge on any atom is -0.491 e. The number of aryl methyl sites for hydroxylation is 1. The number of benzene rings is 1. The van der Waals surface area contributed by atoms with Crippen LogP contribution in [0.3, 0.4) is 0 Å². The maximum atomic E-state index is 9.55. The Bertz CT molecular complexity index is 319. The van der Waals surface area contributed by atoms with Gasteiger partial charge in [0, 0.05) is 5.56 Å². The molecule has 1 rings (SSSR count). The van der Waals surface area contributed by atoms with E-state index >= 15 is 0 Å². The molecule has 2 unspecified atom stereocenters. The number of rotatable bonds is 4. The van der Waals surface area contributed by atoms with Gasteiger partial charge in [-0.05, 0) is 32.9 Å². The molecule has 1 aromatic carbocycles. The van der Waals surface area contributed by atoms with Crippen LogP contribution in [0, 0.1) is 6.92 Å². The molecule has 0 fully saturated rings. The molecule has 0 bridgehead atoms. The van der Waals surface area contributed by atoms with Gasteiger partial charge in [-0.3, -0.25) is 0 Å². The van der Waals surface area contributed by atoms with Gasteiger partial charge in [0.2, 0.25) is 0 Å². The third-order valence-electron chi connectivity index (χ3n) is 2.10. The molecule has 0 radical (unpaired) electrons. The molecule has 84 valence electrons.